The zero-order chi connectivity index (χ0) is 35.8. The normalized spacial score (nSPS) is 33.9. The number of nitrogens with one attached hydrogen (secondary N) is 2. The summed E-state index contributed by atoms with van der Waals surface area (Å²) in [5, 5.41) is 38.0. The van der Waals surface area contributed by atoms with E-state index in [9.17, 15) is 44.1 Å². The Kier molecular flexibility index (Phi) is 11.3. The first-order valence-corrected chi connectivity index (χ1v) is 17.5. The van der Waals surface area contributed by atoms with Crippen LogP contribution in [0.5, 0.6) is 0 Å². The number of Topliss-reactive ketones (excluding diaryl/α,β-unsaturated/α-hetero) is 1. The Morgan fingerprint density at radius 1 is 1.00 bits per heavy atom. The summed E-state index contributed by atoms with van der Waals surface area (Å²) in [6.45, 7) is 10.4. The molecule has 0 aliphatic heterocycles. The lowest BCUT2D eigenvalue weighted by atomic mass is 9.45. The zero-order valence-electron chi connectivity index (χ0n) is 29.2. The number of rotatable bonds is 13. The Hall–Kier alpha value is -3.12. The number of fused-ring (bicyclic) bond motifs is 5. The molecule has 0 heterocycles. The fraction of sp³-hybridized carbons (Fsp3) is 0.778. The Morgan fingerprint density at radius 3 is 2.31 bits per heavy atom. The lowest BCUT2D eigenvalue weighted by Gasteiger charge is -2.60. The summed E-state index contributed by atoms with van der Waals surface area (Å²) in [6, 6.07) is -2.12. The summed E-state index contributed by atoms with van der Waals surface area (Å²) in [7, 11) is 0. The summed E-state index contributed by atoms with van der Waals surface area (Å²) in [6.07, 6.45) is 4.21. The van der Waals surface area contributed by atoms with Crippen molar-refractivity contribution in [1.29, 1.82) is 0 Å². The number of aliphatic hydroxyl groups is 2. The molecule has 48 heavy (non-hydrogen) atoms. The molecule has 4 rings (SSSR count). The quantitative estimate of drug-likeness (QED) is 0.181. The van der Waals surface area contributed by atoms with Crippen LogP contribution in [0.15, 0.2) is 11.6 Å². The number of ether oxygens (including phenoxy) is 1. The van der Waals surface area contributed by atoms with E-state index in [1.165, 1.54) is 0 Å². The molecular formula is C36H54N2O10. The molecule has 0 unspecified atom stereocenters. The Morgan fingerprint density at radius 2 is 1.69 bits per heavy atom. The fourth-order valence-electron chi connectivity index (χ4n) is 9.44. The summed E-state index contributed by atoms with van der Waals surface area (Å²) in [5.41, 5.74) is -1.90. The molecule has 3 fully saturated rings. The van der Waals surface area contributed by atoms with E-state index in [1.807, 2.05) is 20.8 Å². The van der Waals surface area contributed by atoms with Crippen LogP contribution in [0.1, 0.15) is 106 Å². The largest absolute Gasteiger partial charge is 0.480 e. The number of carboxylic acids is 1. The molecular weight excluding hydrogens is 620 g/mol. The van der Waals surface area contributed by atoms with Crippen molar-refractivity contribution in [3.05, 3.63) is 11.6 Å². The minimum absolute atomic E-state index is 0.0162. The molecule has 0 spiro atoms. The molecule has 0 aromatic carbocycles. The van der Waals surface area contributed by atoms with E-state index in [0.29, 0.717) is 19.3 Å². The Balaban J connectivity index is 1.32. The third kappa shape index (κ3) is 7.25. The first-order valence-electron chi connectivity index (χ1n) is 17.5. The van der Waals surface area contributed by atoms with Crippen LogP contribution in [0.3, 0.4) is 0 Å². The molecule has 2 amide bonds. The summed E-state index contributed by atoms with van der Waals surface area (Å²) >= 11 is 0. The summed E-state index contributed by atoms with van der Waals surface area (Å²) in [5.74, 6) is -4.07. The first-order chi connectivity index (χ1) is 22.3. The number of esters is 1. The number of ketones is 2. The van der Waals surface area contributed by atoms with Crippen LogP contribution in [-0.2, 0) is 33.5 Å². The molecule has 0 bridgehead atoms. The van der Waals surface area contributed by atoms with Gasteiger partial charge in [0.1, 0.15) is 17.7 Å². The van der Waals surface area contributed by atoms with Gasteiger partial charge in [0.15, 0.2) is 12.4 Å². The van der Waals surface area contributed by atoms with Gasteiger partial charge in [0.25, 0.3) is 0 Å². The second-order valence-corrected chi connectivity index (χ2v) is 15.9. The predicted octanol–water partition coefficient (Wildman–Crippen LogP) is 2.87. The van der Waals surface area contributed by atoms with E-state index in [4.69, 9.17) is 4.74 Å². The minimum atomic E-state index is -1.79. The standard InChI is InChI=1S/C36H54N2O10/c1-19(2)15-25(33(45)46)37-32(44)31(20(3)4)38-28(42)9-10-29(43)48-18-27(41)36(47)14-12-24-23-8-7-21-16-22(39)11-13-34(21,5)30(23)26(40)17-35(24,36)6/h16,19-20,23-26,30-31,40,47H,7-15,17-18H2,1-6H3,(H,37,44)(H,38,42)(H,45,46)/t23-,24+,25+,26+,30+,31-,34+,35+,36+/m1/s1. The third-order valence-electron chi connectivity index (χ3n) is 12.0. The van der Waals surface area contributed by atoms with E-state index >= 15 is 0 Å². The number of carbonyl (C=O) groups is 6. The van der Waals surface area contributed by atoms with E-state index in [1.54, 1.807) is 19.9 Å². The van der Waals surface area contributed by atoms with Crippen LogP contribution in [0.2, 0.25) is 0 Å². The van der Waals surface area contributed by atoms with Gasteiger partial charge in [-0.25, -0.2) is 4.79 Å². The van der Waals surface area contributed by atoms with E-state index in [2.05, 4.69) is 17.6 Å². The van der Waals surface area contributed by atoms with Gasteiger partial charge in [-0.3, -0.25) is 24.0 Å². The highest BCUT2D eigenvalue weighted by Crippen LogP contribution is 2.67. The maximum atomic E-state index is 13.5. The van der Waals surface area contributed by atoms with Crippen molar-refractivity contribution < 1.29 is 48.8 Å². The van der Waals surface area contributed by atoms with Gasteiger partial charge in [-0.1, -0.05) is 47.1 Å². The molecule has 9 atom stereocenters. The monoisotopic (exact) mass is 674 g/mol. The van der Waals surface area contributed by atoms with Crippen molar-refractivity contribution in [2.24, 2.45) is 40.4 Å². The third-order valence-corrected chi connectivity index (χ3v) is 12.0. The first kappa shape index (κ1) is 37.7. The SMILES string of the molecule is CC(C)C[C@H](NC(=O)[C@H](NC(=O)CCC(=O)OCC(=O)[C@@]1(O)CC[C@H]2[C@H]3CCC4=CC(=O)CC[C@]4(C)[C@@H]3[C@@H](O)C[C@@]21C)C(C)C)C(=O)O. The number of aliphatic carboxylic acids is 1. The highest BCUT2D eigenvalue weighted by Gasteiger charge is 2.68. The number of carbonyl (C=O) groups excluding carboxylic acids is 5. The number of amides is 2. The summed E-state index contributed by atoms with van der Waals surface area (Å²) < 4.78 is 5.23. The van der Waals surface area contributed by atoms with Gasteiger partial charge in [0.05, 0.1) is 12.5 Å². The van der Waals surface area contributed by atoms with Crippen LogP contribution in [-0.4, -0.2) is 81.0 Å². The van der Waals surface area contributed by atoms with Crippen molar-refractivity contribution in [3.63, 3.8) is 0 Å². The van der Waals surface area contributed by atoms with Gasteiger partial charge in [-0.05, 0) is 86.0 Å². The summed E-state index contributed by atoms with van der Waals surface area (Å²) in [4.78, 5) is 75.4. The molecule has 5 N–H and O–H groups in total. The van der Waals surface area contributed by atoms with Crippen molar-refractivity contribution in [3.8, 4) is 0 Å². The number of hydrogen-bond donors (Lipinski definition) is 5. The van der Waals surface area contributed by atoms with Crippen LogP contribution < -0.4 is 10.6 Å². The van der Waals surface area contributed by atoms with Crippen molar-refractivity contribution in [2.45, 2.75) is 130 Å². The maximum absolute atomic E-state index is 13.5. The molecule has 0 saturated heterocycles. The molecule has 0 radical (unpaired) electrons. The number of hydrogen-bond acceptors (Lipinski definition) is 9. The minimum Gasteiger partial charge on any atom is -0.480 e. The topological polar surface area (TPSA) is 196 Å². The van der Waals surface area contributed by atoms with E-state index in [0.717, 1.165) is 18.4 Å². The molecule has 0 aromatic heterocycles. The van der Waals surface area contributed by atoms with Gasteiger partial charge in [0, 0.05) is 18.3 Å². The van der Waals surface area contributed by atoms with Crippen molar-refractivity contribution in [2.75, 3.05) is 6.61 Å². The Bertz CT molecular complexity index is 1340. The predicted molar refractivity (Wildman–Crippen MR) is 174 cm³/mol. The van der Waals surface area contributed by atoms with Crippen molar-refractivity contribution in [1.82, 2.24) is 10.6 Å². The van der Waals surface area contributed by atoms with E-state index < -0.39 is 65.3 Å². The van der Waals surface area contributed by atoms with Crippen LogP contribution >= 0.6 is 0 Å². The molecule has 268 valence electrons. The van der Waals surface area contributed by atoms with Crippen LogP contribution in [0, 0.1) is 40.4 Å². The average molecular weight is 675 g/mol. The smallest absolute Gasteiger partial charge is 0.326 e. The van der Waals surface area contributed by atoms with Crippen LogP contribution in [0.4, 0.5) is 0 Å². The highest BCUT2D eigenvalue weighted by molar-refractivity contribution is 5.93. The average Bonchev–Trinajstić information content (AvgIpc) is 3.27. The molecule has 0 aromatic rings. The molecule has 12 heteroatoms. The highest BCUT2D eigenvalue weighted by atomic mass is 16.5. The van der Waals surface area contributed by atoms with E-state index in [-0.39, 0.29) is 72.9 Å². The number of aliphatic hydroxyl groups excluding tert-OH is 1. The second-order valence-electron chi connectivity index (χ2n) is 15.9. The lowest BCUT2D eigenvalue weighted by Crippen LogP contribution is -2.62. The van der Waals surface area contributed by atoms with Crippen molar-refractivity contribution >= 4 is 35.3 Å². The number of allylic oxidation sites excluding steroid dienone is 1. The maximum Gasteiger partial charge on any atom is 0.326 e. The van der Waals surface area contributed by atoms with Gasteiger partial charge >= 0.3 is 11.9 Å². The Labute approximate surface area is 282 Å². The molecule has 3 saturated carbocycles. The van der Waals surface area contributed by atoms with Gasteiger partial charge < -0.3 is 30.7 Å². The van der Waals surface area contributed by atoms with Gasteiger partial charge in [-0.2, -0.15) is 0 Å². The molecule has 4 aliphatic carbocycles. The molecule has 4 aliphatic rings. The van der Waals surface area contributed by atoms with Gasteiger partial charge in [-0.15, -0.1) is 0 Å². The zero-order valence-corrected chi connectivity index (χ0v) is 29.2. The number of carboxylic acid groups (broad SMARTS) is 1. The van der Waals surface area contributed by atoms with Crippen LogP contribution in [0.25, 0.3) is 0 Å². The lowest BCUT2D eigenvalue weighted by molar-refractivity contribution is -0.184. The fourth-order valence-corrected chi connectivity index (χ4v) is 9.44. The van der Waals surface area contributed by atoms with Gasteiger partial charge in [0.2, 0.25) is 17.6 Å². The second kappa shape index (κ2) is 14.4. The molecule has 12 nitrogen and oxygen atoms in total.